The predicted octanol–water partition coefficient (Wildman–Crippen LogP) is 4.87. The van der Waals surface area contributed by atoms with Gasteiger partial charge in [-0.1, -0.05) is 26.0 Å². The van der Waals surface area contributed by atoms with Gasteiger partial charge in [0, 0.05) is 25.2 Å². The molecule has 2 aromatic rings. The number of nitrogens with zero attached hydrogens (tertiary/aromatic N) is 2. The Hall–Kier alpha value is -2.84. The van der Waals surface area contributed by atoms with Gasteiger partial charge in [-0.2, -0.15) is 13.2 Å². The van der Waals surface area contributed by atoms with Crippen molar-refractivity contribution in [3.63, 3.8) is 0 Å². The average Bonchev–Trinajstić information content (AvgIpc) is 2.72. The molecule has 1 aromatic carbocycles. The molecule has 1 unspecified atom stereocenters. The van der Waals surface area contributed by atoms with E-state index < -0.39 is 23.6 Å². The van der Waals surface area contributed by atoms with E-state index in [-0.39, 0.29) is 29.4 Å². The first-order chi connectivity index (χ1) is 14.9. The molecular weight excluding hydrogens is 424 g/mol. The van der Waals surface area contributed by atoms with Gasteiger partial charge in [0.05, 0.1) is 11.6 Å². The number of nitrogens with two attached hydrogens (primary N) is 1. The summed E-state index contributed by atoms with van der Waals surface area (Å²) in [5.41, 5.74) is 5.59. The molecule has 1 aliphatic rings. The number of rotatable bonds is 5. The van der Waals surface area contributed by atoms with Crippen molar-refractivity contribution in [2.45, 2.75) is 52.3 Å². The summed E-state index contributed by atoms with van der Waals surface area (Å²) in [7, 11) is 0. The van der Waals surface area contributed by atoms with Crippen LogP contribution in [0.3, 0.4) is 0 Å². The van der Waals surface area contributed by atoms with Gasteiger partial charge in [0.15, 0.2) is 0 Å². The molecule has 0 radical (unpaired) electrons. The van der Waals surface area contributed by atoms with Crippen LogP contribution in [0.2, 0.25) is 0 Å². The standard InChI is InChI=1S/C23H28F4N4O/c1-14(15-4-6-18(28)17(24)12-15)21(32)29-13-16-5-7-19(23(25,26)27)30-20(16)31-10-8-22(2,3)9-11-31/h4-7,12,14H,8-11,13,28H2,1-3H3,(H,29,32). The van der Waals surface area contributed by atoms with Crippen LogP contribution >= 0.6 is 0 Å². The summed E-state index contributed by atoms with van der Waals surface area (Å²) in [6, 6.07) is 6.46. The number of nitrogen functional groups attached to an aromatic ring is 1. The minimum atomic E-state index is -4.56. The molecule has 1 amide bonds. The quantitative estimate of drug-likeness (QED) is 0.502. The fourth-order valence-corrected chi connectivity index (χ4v) is 3.67. The highest BCUT2D eigenvalue weighted by atomic mass is 19.4. The number of hydrogen-bond acceptors (Lipinski definition) is 4. The van der Waals surface area contributed by atoms with Crippen LogP contribution in [0.25, 0.3) is 0 Å². The average molecular weight is 452 g/mol. The molecule has 3 rings (SSSR count). The molecule has 1 fully saturated rings. The Morgan fingerprint density at radius 3 is 2.47 bits per heavy atom. The first kappa shape index (κ1) is 23.8. The summed E-state index contributed by atoms with van der Waals surface area (Å²) >= 11 is 0. The zero-order valence-electron chi connectivity index (χ0n) is 18.4. The number of carbonyl (C=O) groups is 1. The van der Waals surface area contributed by atoms with Gasteiger partial charge in [-0.3, -0.25) is 4.79 Å². The number of aromatic nitrogens is 1. The maximum Gasteiger partial charge on any atom is 0.433 e. The Kier molecular flexibility index (Phi) is 6.67. The number of alkyl halides is 3. The number of benzene rings is 1. The van der Waals surface area contributed by atoms with E-state index in [0.717, 1.165) is 18.9 Å². The largest absolute Gasteiger partial charge is 0.433 e. The Labute approximate surface area is 185 Å². The van der Waals surface area contributed by atoms with Crippen LogP contribution in [0.15, 0.2) is 30.3 Å². The number of anilines is 2. The topological polar surface area (TPSA) is 71.2 Å². The van der Waals surface area contributed by atoms with Crippen LogP contribution in [-0.4, -0.2) is 24.0 Å². The minimum Gasteiger partial charge on any atom is -0.396 e. The van der Waals surface area contributed by atoms with Crippen LogP contribution in [0.1, 0.15) is 56.4 Å². The zero-order chi connectivity index (χ0) is 23.7. The summed E-state index contributed by atoms with van der Waals surface area (Å²) in [6.07, 6.45) is -2.90. The third kappa shape index (κ3) is 5.49. The Balaban J connectivity index is 1.79. The van der Waals surface area contributed by atoms with E-state index in [2.05, 4.69) is 24.1 Å². The maximum absolute atomic E-state index is 13.7. The summed E-state index contributed by atoms with van der Waals surface area (Å²) in [6.45, 7) is 7.07. The van der Waals surface area contributed by atoms with E-state index in [1.807, 2.05) is 4.90 Å². The van der Waals surface area contributed by atoms with Crippen LogP contribution in [0, 0.1) is 11.2 Å². The van der Waals surface area contributed by atoms with Crippen LogP contribution in [0.4, 0.5) is 29.1 Å². The molecule has 9 heteroatoms. The van der Waals surface area contributed by atoms with Gasteiger partial charge >= 0.3 is 6.18 Å². The fraction of sp³-hybridized carbons (Fsp3) is 0.478. The van der Waals surface area contributed by atoms with E-state index in [9.17, 15) is 22.4 Å². The second-order valence-corrected chi connectivity index (χ2v) is 9.05. The van der Waals surface area contributed by atoms with Gasteiger partial charge in [0.1, 0.15) is 17.3 Å². The second-order valence-electron chi connectivity index (χ2n) is 9.05. The van der Waals surface area contributed by atoms with Gasteiger partial charge in [-0.15, -0.1) is 0 Å². The highest BCUT2D eigenvalue weighted by molar-refractivity contribution is 5.83. The predicted molar refractivity (Wildman–Crippen MR) is 116 cm³/mol. The normalized spacial score (nSPS) is 17.2. The number of carbonyl (C=O) groups excluding carboxylic acids is 1. The lowest BCUT2D eigenvalue weighted by molar-refractivity contribution is -0.141. The maximum atomic E-state index is 13.7. The van der Waals surface area contributed by atoms with Crippen molar-refractivity contribution in [2.24, 2.45) is 5.41 Å². The third-order valence-electron chi connectivity index (χ3n) is 6.03. The molecule has 1 saturated heterocycles. The summed E-state index contributed by atoms with van der Waals surface area (Å²) in [5, 5.41) is 2.74. The van der Waals surface area contributed by atoms with E-state index in [1.165, 1.54) is 18.2 Å². The molecule has 1 aromatic heterocycles. The Morgan fingerprint density at radius 2 is 1.88 bits per heavy atom. The third-order valence-corrected chi connectivity index (χ3v) is 6.03. The van der Waals surface area contributed by atoms with Crippen molar-refractivity contribution >= 4 is 17.4 Å². The van der Waals surface area contributed by atoms with Crippen LogP contribution in [-0.2, 0) is 17.5 Å². The number of hydrogen-bond donors (Lipinski definition) is 2. The highest BCUT2D eigenvalue weighted by Crippen LogP contribution is 2.35. The molecule has 1 atom stereocenters. The first-order valence-corrected chi connectivity index (χ1v) is 10.5. The Bertz CT molecular complexity index is 980. The summed E-state index contributed by atoms with van der Waals surface area (Å²) in [5.74, 6) is -1.40. The van der Waals surface area contributed by atoms with Crippen molar-refractivity contribution in [3.8, 4) is 0 Å². The number of halogens is 4. The van der Waals surface area contributed by atoms with Crippen molar-refractivity contribution in [2.75, 3.05) is 23.7 Å². The molecule has 174 valence electrons. The van der Waals surface area contributed by atoms with Gasteiger partial charge in [0.2, 0.25) is 5.91 Å². The van der Waals surface area contributed by atoms with Crippen molar-refractivity contribution in [3.05, 3.63) is 53.0 Å². The van der Waals surface area contributed by atoms with E-state index in [0.29, 0.717) is 24.2 Å². The molecule has 0 spiro atoms. The molecule has 2 heterocycles. The smallest absolute Gasteiger partial charge is 0.396 e. The molecule has 5 nitrogen and oxygen atoms in total. The lowest BCUT2D eigenvalue weighted by atomic mass is 9.82. The number of nitrogens with one attached hydrogen (secondary N) is 1. The summed E-state index contributed by atoms with van der Waals surface area (Å²) in [4.78, 5) is 18.4. The fourth-order valence-electron chi connectivity index (χ4n) is 3.67. The van der Waals surface area contributed by atoms with Gasteiger partial charge < -0.3 is 16.0 Å². The van der Waals surface area contributed by atoms with Crippen molar-refractivity contribution in [1.82, 2.24) is 10.3 Å². The number of amides is 1. The molecule has 0 bridgehead atoms. The van der Waals surface area contributed by atoms with Gasteiger partial charge in [0.25, 0.3) is 0 Å². The Morgan fingerprint density at radius 1 is 1.22 bits per heavy atom. The SMILES string of the molecule is CC(C(=O)NCc1ccc(C(F)(F)F)nc1N1CCC(C)(C)CC1)c1ccc(N)c(F)c1. The van der Waals surface area contributed by atoms with Gasteiger partial charge in [-0.05, 0) is 48.9 Å². The molecule has 0 saturated carbocycles. The zero-order valence-corrected chi connectivity index (χ0v) is 18.4. The van der Waals surface area contributed by atoms with E-state index in [4.69, 9.17) is 5.73 Å². The van der Waals surface area contributed by atoms with E-state index >= 15 is 0 Å². The molecule has 3 N–H and O–H groups in total. The lowest BCUT2D eigenvalue weighted by Crippen LogP contribution is -2.39. The lowest BCUT2D eigenvalue weighted by Gasteiger charge is -2.38. The monoisotopic (exact) mass is 452 g/mol. The highest BCUT2D eigenvalue weighted by Gasteiger charge is 2.34. The van der Waals surface area contributed by atoms with Crippen molar-refractivity contribution in [1.29, 1.82) is 0 Å². The second kappa shape index (κ2) is 8.96. The number of piperidine rings is 1. The van der Waals surface area contributed by atoms with Crippen LogP contribution in [0.5, 0.6) is 0 Å². The minimum absolute atomic E-state index is 0.00784. The molecule has 0 aliphatic carbocycles. The molecule has 32 heavy (non-hydrogen) atoms. The number of pyridine rings is 1. The molecular formula is C23H28F4N4O. The summed E-state index contributed by atoms with van der Waals surface area (Å²) < 4.78 is 53.5. The van der Waals surface area contributed by atoms with Crippen molar-refractivity contribution < 1.29 is 22.4 Å². The first-order valence-electron chi connectivity index (χ1n) is 10.5. The van der Waals surface area contributed by atoms with Crippen LogP contribution < -0.4 is 16.0 Å². The van der Waals surface area contributed by atoms with Gasteiger partial charge in [-0.25, -0.2) is 9.37 Å². The van der Waals surface area contributed by atoms with E-state index in [1.54, 1.807) is 13.0 Å². The molecule has 1 aliphatic heterocycles.